The summed E-state index contributed by atoms with van der Waals surface area (Å²) in [6.07, 6.45) is 5.11. The van der Waals surface area contributed by atoms with Gasteiger partial charge >= 0.3 is 5.97 Å². The third-order valence-electron chi connectivity index (χ3n) is 3.83. The van der Waals surface area contributed by atoms with Gasteiger partial charge in [-0.1, -0.05) is 19.8 Å². The summed E-state index contributed by atoms with van der Waals surface area (Å²) >= 11 is 0. The number of nitrogens with one attached hydrogen (secondary N) is 1. The van der Waals surface area contributed by atoms with Crippen molar-refractivity contribution in [3.63, 3.8) is 0 Å². The maximum atomic E-state index is 11.7. The fourth-order valence-corrected chi connectivity index (χ4v) is 2.37. The van der Waals surface area contributed by atoms with Gasteiger partial charge in [-0.25, -0.2) is 0 Å². The molecule has 1 saturated carbocycles. The SMILES string of the molecule is CC(C(=O)OCC1CCCC1)C1CNC1. The number of esters is 1. The number of carbonyl (C=O) groups is 1. The molecule has 0 radical (unpaired) electrons. The Morgan fingerprint density at radius 3 is 2.60 bits per heavy atom. The molecule has 0 spiro atoms. The van der Waals surface area contributed by atoms with Gasteiger partial charge in [-0.15, -0.1) is 0 Å². The van der Waals surface area contributed by atoms with E-state index in [0.29, 0.717) is 18.4 Å². The Balaban J connectivity index is 1.66. The topological polar surface area (TPSA) is 38.3 Å². The summed E-state index contributed by atoms with van der Waals surface area (Å²) in [5.74, 6) is 1.22. The molecule has 1 atom stereocenters. The normalized spacial score (nSPS) is 24.9. The monoisotopic (exact) mass is 211 g/mol. The highest BCUT2D eigenvalue weighted by Gasteiger charge is 2.30. The second kappa shape index (κ2) is 4.97. The lowest BCUT2D eigenvalue weighted by atomic mass is 9.89. The Hall–Kier alpha value is -0.570. The molecule has 1 aliphatic heterocycles. The number of ether oxygens (including phenoxy) is 1. The molecule has 0 aromatic carbocycles. The van der Waals surface area contributed by atoms with Crippen molar-refractivity contribution in [1.29, 1.82) is 0 Å². The van der Waals surface area contributed by atoms with Crippen LogP contribution in [0.3, 0.4) is 0 Å². The molecule has 1 saturated heterocycles. The Labute approximate surface area is 91.6 Å². The second-order valence-electron chi connectivity index (χ2n) is 4.99. The Bertz CT molecular complexity index is 220. The summed E-state index contributed by atoms with van der Waals surface area (Å²) in [5.41, 5.74) is 0. The van der Waals surface area contributed by atoms with Crippen molar-refractivity contribution in [2.24, 2.45) is 17.8 Å². The van der Waals surface area contributed by atoms with Crippen LogP contribution in [0, 0.1) is 17.8 Å². The van der Waals surface area contributed by atoms with E-state index in [-0.39, 0.29) is 11.9 Å². The average molecular weight is 211 g/mol. The smallest absolute Gasteiger partial charge is 0.309 e. The molecule has 2 fully saturated rings. The van der Waals surface area contributed by atoms with Gasteiger partial charge in [0.2, 0.25) is 0 Å². The van der Waals surface area contributed by atoms with E-state index in [2.05, 4.69) is 5.32 Å². The predicted molar refractivity (Wildman–Crippen MR) is 58.4 cm³/mol. The number of carbonyl (C=O) groups excluding carboxylic acids is 1. The fraction of sp³-hybridized carbons (Fsp3) is 0.917. The molecule has 0 bridgehead atoms. The third kappa shape index (κ3) is 2.71. The van der Waals surface area contributed by atoms with E-state index < -0.39 is 0 Å². The molecule has 0 amide bonds. The van der Waals surface area contributed by atoms with Crippen molar-refractivity contribution in [2.75, 3.05) is 19.7 Å². The Kier molecular flexibility index (Phi) is 3.62. The van der Waals surface area contributed by atoms with Crippen LogP contribution in [-0.2, 0) is 9.53 Å². The zero-order chi connectivity index (χ0) is 10.7. The van der Waals surface area contributed by atoms with E-state index in [1.807, 2.05) is 6.92 Å². The molecule has 86 valence electrons. The summed E-state index contributed by atoms with van der Waals surface area (Å²) in [7, 11) is 0. The lowest BCUT2D eigenvalue weighted by Crippen LogP contribution is -2.47. The number of rotatable bonds is 4. The number of hydrogen-bond donors (Lipinski definition) is 1. The highest BCUT2D eigenvalue weighted by molar-refractivity contribution is 5.72. The van der Waals surface area contributed by atoms with Crippen molar-refractivity contribution in [1.82, 2.24) is 5.32 Å². The molecular weight excluding hydrogens is 190 g/mol. The summed E-state index contributed by atoms with van der Waals surface area (Å²) in [4.78, 5) is 11.7. The van der Waals surface area contributed by atoms with Gasteiger partial charge in [0.25, 0.3) is 0 Å². The Morgan fingerprint density at radius 2 is 2.07 bits per heavy atom. The van der Waals surface area contributed by atoms with Gasteiger partial charge in [-0.3, -0.25) is 4.79 Å². The van der Waals surface area contributed by atoms with Crippen LogP contribution in [0.4, 0.5) is 0 Å². The standard InChI is InChI=1S/C12H21NO2/c1-9(11-6-13-7-11)12(14)15-8-10-4-2-3-5-10/h9-11,13H,2-8H2,1H3. The fourth-order valence-electron chi connectivity index (χ4n) is 2.37. The van der Waals surface area contributed by atoms with Crippen LogP contribution < -0.4 is 5.32 Å². The van der Waals surface area contributed by atoms with E-state index in [0.717, 1.165) is 13.1 Å². The molecule has 2 aliphatic rings. The molecular formula is C12H21NO2. The summed E-state index contributed by atoms with van der Waals surface area (Å²) in [6.45, 7) is 4.59. The summed E-state index contributed by atoms with van der Waals surface area (Å²) in [5, 5.41) is 3.19. The minimum Gasteiger partial charge on any atom is -0.465 e. The molecule has 2 rings (SSSR count). The first-order chi connectivity index (χ1) is 7.27. The predicted octanol–water partition coefficient (Wildman–Crippen LogP) is 1.58. The minimum absolute atomic E-state index is 0.00778. The summed E-state index contributed by atoms with van der Waals surface area (Å²) < 4.78 is 5.38. The minimum atomic E-state index is 0.00778. The van der Waals surface area contributed by atoms with Crippen LogP contribution in [0.2, 0.25) is 0 Å². The van der Waals surface area contributed by atoms with Crippen LogP contribution in [0.15, 0.2) is 0 Å². The van der Waals surface area contributed by atoms with Crippen LogP contribution in [0.1, 0.15) is 32.6 Å². The first-order valence-corrected chi connectivity index (χ1v) is 6.14. The molecule has 0 aromatic rings. The first kappa shape index (κ1) is 10.9. The molecule has 1 N–H and O–H groups in total. The van der Waals surface area contributed by atoms with Crippen molar-refractivity contribution >= 4 is 5.97 Å². The van der Waals surface area contributed by atoms with Gasteiger partial charge in [0.15, 0.2) is 0 Å². The van der Waals surface area contributed by atoms with E-state index in [9.17, 15) is 4.79 Å². The van der Waals surface area contributed by atoms with Crippen LogP contribution in [-0.4, -0.2) is 25.7 Å². The van der Waals surface area contributed by atoms with Gasteiger partial charge in [0.05, 0.1) is 12.5 Å². The van der Waals surface area contributed by atoms with Crippen LogP contribution in [0.25, 0.3) is 0 Å². The van der Waals surface area contributed by atoms with Crippen LogP contribution in [0.5, 0.6) is 0 Å². The largest absolute Gasteiger partial charge is 0.465 e. The van der Waals surface area contributed by atoms with Gasteiger partial charge in [-0.05, 0) is 37.8 Å². The van der Waals surface area contributed by atoms with E-state index in [1.54, 1.807) is 0 Å². The molecule has 1 aliphatic carbocycles. The molecule has 3 heteroatoms. The van der Waals surface area contributed by atoms with Gasteiger partial charge in [0, 0.05) is 0 Å². The van der Waals surface area contributed by atoms with E-state index in [1.165, 1.54) is 25.7 Å². The molecule has 0 aromatic heterocycles. The van der Waals surface area contributed by atoms with Crippen molar-refractivity contribution in [3.05, 3.63) is 0 Å². The molecule has 15 heavy (non-hydrogen) atoms. The van der Waals surface area contributed by atoms with Gasteiger partial charge < -0.3 is 10.1 Å². The highest BCUT2D eigenvalue weighted by Crippen LogP contribution is 2.25. The lowest BCUT2D eigenvalue weighted by molar-refractivity contribution is -0.151. The molecule has 1 unspecified atom stereocenters. The Morgan fingerprint density at radius 1 is 1.40 bits per heavy atom. The van der Waals surface area contributed by atoms with Crippen molar-refractivity contribution < 1.29 is 9.53 Å². The van der Waals surface area contributed by atoms with E-state index >= 15 is 0 Å². The second-order valence-corrected chi connectivity index (χ2v) is 4.99. The maximum absolute atomic E-state index is 11.7. The zero-order valence-corrected chi connectivity index (χ0v) is 9.50. The highest BCUT2D eigenvalue weighted by atomic mass is 16.5. The van der Waals surface area contributed by atoms with Gasteiger partial charge in [0.1, 0.15) is 0 Å². The van der Waals surface area contributed by atoms with E-state index in [4.69, 9.17) is 4.74 Å². The quantitative estimate of drug-likeness (QED) is 0.717. The number of hydrogen-bond acceptors (Lipinski definition) is 3. The zero-order valence-electron chi connectivity index (χ0n) is 9.50. The lowest BCUT2D eigenvalue weighted by Gasteiger charge is -2.31. The maximum Gasteiger partial charge on any atom is 0.309 e. The molecule has 3 nitrogen and oxygen atoms in total. The third-order valence-corrected chi connectivity index (χ3v) is 3.83. The van der Waals surface area contributed by atoms with Crippen molar-refractivity contribution in [2.45, 2.75) is 32.6 Å². The van der Waals surface area contributed by atoms with Crippen LogP contribution >= 0.6 is 0 Å². The van der Waals surface area contributed by atoms with Gasteiger partial charge in [-0.2, -0.15) is 0 Å². The summed E-state index contributed by atoms with van der Waals surface area (Å²) in [6, 6.07) is 0. The van der Waals surface area contributed by atoms with Crippen molar-refractivity contribution in [3.8, 4) is 0 Å². The average Bonchev–Trinajstić information content (AvgIpc) is 2.63. The first-order valence-electron chi connectivity index (χ1n) is 6.14. The molecule has 1 heterocycles.